The van der Waals surface area contributed by atoms with Crippen molar-refractivity contribution in [2.45, 2.75) is 26.6 Å². The zero-order valence-corrected chi connectivity index (χ0v) is 19.8. The lowest BCUT2D eigenvalue weighted by molar-refractivity contribution is -0.153. The highest BCUT2D eigenvalue weighted by atomic mass is 19.4. The lowest BCUT2D eigenvalue weighted by atomic mass is 10.1. The van der Waals surface area contributed by atoms with Crippen LogP contribution < -0.4 is 19.5 Å². The Morgan fingerprint density at radius 1 is 1.11 bits per heavy atom. The third-order valence-corrected chi connectivity index (χ3v) is 5.90. The Morgan fingerprint density at radius 2 is 1.94 bits per heavy atom. The van der Waals surface area contributed by atoms with Crippen LogP contribution >= 0.6 is 0 Å². The van der Waals surface area contributed by atoms with Crippen molar-refractivity contribution in [3.63, 3.8) is 0 Å². The summed E-state index contributed by atoms with van der Waals surface area (Å²) >= 11 is 0. The first-order chi connectivity index (χ1) is 17.3. The van der Waals surface area contributed by atoms with E-state index in [0.29, 0.717) is 30.8 Å². The van der Waals surface area contributed by atoms with Gasteiger partial charge in [-0.2, -0.15) is 18.2 Å². The second kappa shape index (κ2) is 9.64. The van der Waals surface area contributed by atoms with Crippen LogP contribution in [0.1, 0.15) is 23.6 Å². The normalized spacial score (nSPS) is 12.9. The van der Waals surface area contributed by atoms with Crippen molar-refractivity contribution in [2.75, 3.05) is 25.1 Å². The lowest BCUT2D eigenvalue weighted by Crippen LogP contribution is -2.19. The average molecular weight is 496 g/mol. The Labute approximate surface area is 206 Å². The minimum Gasteiger partial charge on any atom is -0.492 e. The molecule has 6 nitrogen and oxygen atoms in total. The highest BCUT2D eigenvalue weighted by molar-refractivity contribution is 5.85. The number of hydrogen-bond acceptors (Lipinski definition) is 5. The van der Waals surface area contributed by atoms with Crippen LogP contribution in [0.5, 0.6) is 17.5 Å². The molecule has 36 heavy (non-hydrogen) atoms. The molecule has 4 aromatic rings. The van der Waals surface area contributed by atoms with Gasteiger partial charge >= 0.3 is 12.2 Å². The molecule has 0 saturated heterocycles. The Hall–Kier alpha value is -3.88. The highest BCUT2D eigenvalue weighted by Gasteiger charge is 2.29. The topological polar surface area (TPSA) is 57.5 Å². The van der Waals surface area contributed by atoms with Crippen LogP contribution in [0.15, 0.2) is 54.6 Å². The first-order valence-corrected chi connectivity index (χ1v) is 11.5. The second-order valence-corrected chi connectivity index (χ2v) is 8.28. The van der Waals surface area contributed by atoms with Gasteiger partial charge in [0.1, 0.15) is 23.6 Å². The number of benzene rings is 3. The number of aromatic nitrogens is 2. The molecule has 0 spiro atoms. The van der Waals surface area contributed by atoms with Gasteiger partial charge in [0.05, 0.1) is 24.2 Å². The summed E-state index contributed by atoms with van der Waals surface area (Å²) in [6.45, 7) is 3.79. The Bertz CT molecular complexity index is 1400. The van der Waals surface area contributed by atoms with Gasteiger partial charge in [0.15, 0.2) is 6.61 Å². The van der Waals surface area contributed by atoms with Gasteiger partial charge in [-0.05, 0) is 49.2 Å². The van der Waals surface area contributed by atoms with E-state index in [1.807, 2.05) is 54.8 Å². The minimum absolute atomic E-state index is 0.0494. The molecule has 0 amide bonds. The van der Waals surface area contributed by atoms with E-state index in [1.54, 1.807) is 12.1 Å². The number of anilines is 1. The van der Waals surface area contributed by atoms with Crippen molar-refractivity contribution in [1.82, 2.24) is 9.55 Å². The lowest BCUT2D eigenvalue weighted by Gasteiger charge is -2.16. The fourth-order valence-corrected chi connectivity index (χ4v) is 4.18. The molecule has 1 N–H and O–H groups in total. The first-order valence-electron chi connectivity index (χ1n) is 11.5. The molecule has 1 aliphatic heterocycles. The van der Waals surface area contributed by atoms with Crippen molar-refractivity contribution >= 4 is 16.7 Å². The maximum absolute atomic E-state index is 12.8. The Morgan fingerprint density at radius 3 is 2.75 bits per heavy atom. The third-order valence-electron chi connectivity index (χ3n) is 5.90. The molecule has 0 saturated carbocycles. The van der Waals surface area contributed by atoms with Gasteiger partial charge in [0, 0.05) is 23.9 Å². The van der Waals surface area contributed by atoms with Crippen LogP contribution in [-0.2, 0) is 6.54 Å². The number of alkyl halides is 3. The second-order valence-electron chi connectivity index (χ2n) is 8.28. The molecular formula is C27H24F3N3O3. The zero-order chi connectivity index (χ0) is 25.3. The minimum atomic E-state index is -4.45. The van der Waals surface area contributed by atoms with Crippen LogP contribution in [0, 0.1) is 13.3 Å². The molecular weight excluding hydrogens is 471 g/mol. The van der Waals surface area contributed by atoms with E-state index in [-0.39, 0.29) is 11.8 Å². The molecule has 0 unspecified atom stereocenters. The van der Waals surface area contributed by atoms with Crippen molar-refractivity contribution < 1.29 is 27.4 Å². The molecule has 0 fully saturated rings. The fraction of sp³-hybridized carbons (Fsp3) is 0.259. The maximum atomic E-state index is 12.8. The molecule has 1 aliphatic rings. The van der Waals surface area contributed by atoms with E-state index >= 15 is 0 Å². The first kappa shape index (κ1) is 23.8. The Kier molecular flexibility index (Phi) is 6.38. The molecule has 0 atom stereocenters. The van der Waals surface area contributed by atoms with E-state index in [0.717, 1.165) is 33.8 Å². The van der Waals surface area contributed by atoms with Crippen LogP contribution in [0.25, 0.3) is 16.7 Å². The molecule has 0 aliphatic carbocycles. The number of para-hydroxylation sites is 1. The summed E-state index contributed by atoms with van der Waals surface area (Å²) in [5.41, 5.74) is 5.63. The largest absolute Gasteiger partial charge is 0.492 e. The molecule has 9 heteroatoms. The summed E-state index contributed by atoms with van der Waals surface area (Å²) in [4.78, 5) is 4.49. The summed E-state index contributed by atoms with van der Waals surface area (Å²) in [7, 11) is 0. The summed E-state index contributed by atoms with van der Waals surface area (Å²) in [5.74, 6) is 0.855. The quantitative estimate of drug-likeness (QED) is 0.320. The standard InChI is InChI=1S/C27H24F3N3O3/c1-3-34-26-32-25-22(8-5-9-23(25)36-16-27(28,29)30)33(26)21-7-4-6-19(17(21)2)15-31-20-11-10-18-12-13-35-24(18)14-20/h4-11,14,31H,3,13,15-16H2,1-2H3. The van der Waals surface area contributed by atoms with Crippen molar-refractivity contribution in [3.05, 3.63) is 77.7 Å². The van der Waals surface area contributed by atoms with E-state index in [9.17, 15) is 13.2 Å². The van der Waals surface area contributed by atoms with E-state index < -0.39 is 12.8 Å². The number of nitrogens with zero attached hydrogens (tertiary/aromatic N) is 2. The summed E-state index contributed by atoms with van der Waals surface area (Å²) in [6, 6.07) is 17.0. The van der Waals surface area contributed by atoms with Crippen LogP contribution in [0.4, 0.5) is 18.9 Å². The van der Waals surface area contributed by atoms with Gasteiger partial charge in [0.25, 0.3) is 0 Å². The number of rotatable bonds is 8. The van der Waals surface area contributed by atoms with Crippen LogP contribution in [0.2, 0.25) is 0 Å². The number of fused-ring (bicyclic) bond motifs is 2. The Balaban J connectivity index is 1.49. The molecule has 0 bridgehead atoms. The average Bonchev–Trinajstić information content (AvgIpc) is 3.46. The number of ether oxygens (including phenoxy) is 3. The molecule has 1 aromatic heterocycles. The highest BCUT2D eigenvalue weighted by Crippen LogP contribution is 2.35. The predicted octanol–water partition coefficient (Wildman–Crippen LogP) is 6.11. The number of halogens is 3. The van der Waals surface area contributed by atoms with Gasteiger partial charge in [0.2, 0.25) is 0 Å². The molecule has 2 radical (unpaired) electrons. The summed E-state index contributed by atoms with van der Waals surface area (Å²) in [6.07, 6.45) is -1.30. The van der Waals surface area contributed by atoms with Crippen molar-refractivity contribution in [2.24, 2.45) is 0 Å². The number of hydrogen-bond donors (Lipinski definition) is 1. The van der Waals surface area contributed by atoms with E-state index in [2.05, 4.69) is 16.7 Å². The molecule has 3 aromatic carbocycles. The van der Waals surface area contributed by atoms with Gasteiger partial charge in [-0.25, -0.2) is 0 Å². The number of nitrogens with one attached hydrogen (secondary N) is 1. The summed E-state index contributed by atoms with van der Waals surface area (Å²) in [5, 5.41) is 3.43. The van der Waals surface area contributed by atoms with E-state index in [1.165, 1.54) is 6.07 Å². The number of imidazole rings is 1. The fourth-order valence-electron chi connectivity index (χ4n) is 4.18. The SMILES string of the molecule is CCOc1nc2c(OCC(F)(F)F)cccc2n1-c1cccc(CNc2ccc3c(c2)OC[C]3)c1C. The monoisotopic (exact) mass is 495 g/mol. The van der Waals surface area contributed by atoms with E-state index in [4.69, 9.17) is 14.2 Å². The molecule has 5 rings (SSSR count). The van der Waals surface area contributed by atoms with Gasteiger partial charge in [-0.15, -0.1) is 0 Å². The third kappa shape index (κ3) is 4.78. The van der Waals surface area contributed by atoms with Crippen molar-refractivity contribution in [3.8, 4) is 23.2 Å². The van der Waals surface area contributed by atoms with Crippen molar-refractivity contribution in [1.29, 1.82) is 0 Å². The zero-order valence-electron chi connectivity index (χ0n) is 19.8. The van der Waals surface area contributed by atoms with Gasteiger partial charge in [-0.3, -0.25) is 4.57 Å². The van der Waals surface area contributed by atoms with Crippen LogP contribution in [0.3, 0.4) is 0 Å². The molecule has 186 valence electrons. The maximum Gasteiger partial charge on any atom is 0.422 e. The van der Waals surface area contributed by atoms with Crippen LogP contribution in [-0.4, -0.2) is 35.5 Å². The van der Waals surface area contributed by atoms with Gasteiger partial charge < -0.3 is 19.5 Å². The van der Waals surface area contributed by atoms with Gasteiger partial charge in [-0.1, -0.05) is 24.3 Å². The predicted molar refractivity (Wildman–Crippen MR) is 130 cm³/mol. The smallest absolute Gasteiger partial charge is 0.422 e. The summed E-state index contributed by atoms with van der Waals surface area (Å²) < 4.78 is 56.5. The molecule has 2 heterocycles.